The highest BCUT2D eigenvalue weighted by molar-refractivity contribution is 5.49. The highest BCUT2D eigenvalue weighted by atomic mass is 16.5. The second-order valence-electron chi connectivity index (χ2n) is 5.40. The molecule has 21 heavy (non-hydrogen) atoms. The van der Waals surface area contributed by atoms with Crippen molar-refractivity contribution in [3.05, 3.63) is 42.0 Å². The van der Waals surface area contributed by atoms with Gasteiger partial charge >= 0.3 is 0 Å². The summed E-state index contributed by atoms with van der Waals surface area (Å²) in [4.78, 5) is 4.35. The lowest BCUT2D eigenvalue weighted by Gasteiger charge is -2.10. The molecule has 0 aliphatic heterocycles. The molecule has 0 saturated heterocycles. The van der Waals surface area contributed by atoms with Gasteiger partial charge in [0.15, 0.2) is 0 Å². The Morgan fingerprint density at radius 2 is 2.10 bits per heavy atom. The maximum atomic E-state index is 5.89. The normalized spacial score (nSPS) is 14.0. The quantitative estimate of drug-likeness (QED) is 0.876. The van der Waals surface area contributed by atoms with E-state index in [9.17, 15) is 0 Å². The average molecular weight is 284 g/mol. The molecule has 110 valence electrons. The summed E-state index contributed by atoms with van der Waals surface area (Å²) >= 11 is 0. The largest absolute Gasteiger partial charge is 0.476 e. The molecule has 0 unspecified atom stereocenters. The second-order valence-corrected chi connectivity index (χ2v) is 5.40. The molecule has 0 atom stereocenters. The van der Waals surface area contributed by atoms with Crippen molar-refractivity contribution in [2.24, 2.45) is 5.92 Å². The maximum absolute atomic E-state index is 5.89. The van der Waals surface area contributed by atoms with Gasteiger partial charge in [0, 0.05) is 6.07 Å². The SMILES string of the molecule is CCc1cccc(Oc2ccc(N)c(OCC3CC3)n2)c1. The van der Waals surface area contributed by atoms with Gasteiger partial charge in [0.25, 0.3) is 0 Å². The Hall–Kier alpha value is -2.23. The summed E-state index contributed by atoms with van der Waals surface area (Å²) < 4.78 is 11.5. The summed E-state index contributed by atoms with van der Waals surface area (Å²) in [5.41, 5.74) is 7.67. The minimum atomic E-state index is 0.464. The van der Waals surface area contributed by atoms with E-state index in [0.717, 1.165) is 12.2 Å². The van der Waals surface area contributed by atoms with Gasteiger partial charge < -0.3 is 15.2 Å². The van der Waals surface area contributed by atoms with Gasteiger partial charge in [-0.2, -0.15) is 4.98 Å². The molecule has 1 aliphatic carbocycles. The molecule has 0 spiro atoms. The van der Waals surface area contributed by atoms with E-state index in [0.29, 0.717) is 30.0 Å². The van der Waals surface area contributed by atoms with Gasteiger partial charge in [0.2, 0.25) is 11.8 Å². The maximum Gasteiger partial charge on any atom is 0.240 e. The molecular formula is C17H20N2O2. The van der Waals surface area contributed by atoms with E-state index in [4.69, 9.17) is 15.2 Å². The number of hydrogen-bond acceptors (Lipinski definition) is 4. The zero-order chi connectivity index (χ0) is 14.7. The molecule has 2 N–H and O–H groups in total. The molecule has 3 rings (SSSR count). The van der Waals surface area contributed by atoms with Crippen molar-refractivity contribution in [3.63, 3.8) is 0 Å². The number of nitrogens with zero attached hydrogens (tertiary/aromatic N) is 1. The predicted octanol–water partition coefficient (Wildman–Crippen LogP) is 3.81. The van der Waals surface area contributed by atoms with Crippen LogP contribution in [0.2, 0.25) is 0 Å². The zero-order valence-electron chi connectivity index (χ0n) is 12.2. The number of benzene rings is 1. The zero-order valence-corrected chi connectivity index (χ0v) is 12.2. The summed E-state index contributed by atoms with van der Waals surface area (Å²) in [7, 11) is 0. The molecule has 0 amide bonds. The lowest BCUT2D eigenvalue weighted by Crippen LogP contribution is -2.04. The van der Waals surface area contributed by atoms with Gasteiger partial charge in [0.05, 0.1) is 12.3 Å². The number of nitrogens with two attached hydrogens (primary N) is 1. The van der Waals surface area contributed by atoms with Crippen LogP contribution in [0.25, 0.3) is 0 Å². The van der Waals surface area contributed by atoms with E-state index in [1.807, 2.05) is 18.2 Å². The lowest BCUT2D eigenvalue weighted by atomic mass is 10.2. The first kappa shape index (κ1) is 13.7. The smallest absolute Gasteiger partial charge is 0.240 e. The lowest BCUT2D eigenvalue weighted by molar-refractivity contribution is 0.286. The van der Waals surface area contributed by atoms with Crippen molar-refractivity contribution in [2.45, 2.75) is 26.2 Å². The Labute approximate surface area is 124 Å². The Morgan fingerprint density at radius 1 is 1.24 bits per heavy atom. The van der Waals surface area contributed by atoms with Crippen LogP contribution in [0.15, 0.2) is 36.4 Å². The van der Waals surface area contributed by atoms with Crippen LogP contribution in [0.1, 0.15) is 25.3 Å². The fourth-order valence-corrected chi connectivity index (χ4v) is 2.04. The first-order valence-corrected chi connectivity index (χ1v) is 7.40. The molecule has 1 saturated carbocycles. The van der Waals surface area contributed by atoms with Crippen LogP contribution in [-0.4, -0.2) is 11.6 Å². The van der Waals surface area contributed by atoms with Gasteiger partial charge in [-0.3, -0.25) is 0 Å². The summed E-state index contributed by atoms with van der Waals surface area (Å²) in [5, 5.41) is 0. The van der Waals surface area contributed by atoms with Gasteiger partial charge in [-0.15, -0.1) is 0 Å². The van der Waals surface area contributed by atoms with Crippen molar-refractivity contribution in [1.29, 1.82) is 0 Å². The van der Waals surface area contributed by atoms with Crippen molar-refractivity contribution in [1.82, 2.24) is 4.98 Å². The first-order valence-electron chi connectivity index (χ1n) is 7.40. The summed E-state index contributed by atoms with van der Waals surface area (Å²) in [6, 6.07) is 11.5. The minimum Gasteiger partial charge on any atom is -0.476 e. The van der Waals surface area contributed by atoms with Crippen molar-refractivity contribution in [2.75, 3.05) is 12.3 Å². The van der Waals surface area contributed by atoms with Gasteiger partial charge in [-0.1, -0.05) is 19.1 Å². The molecule has 1 fully saturated rings. The number of nitrogen functional groups attached to an aromatic ring is 1. The van der Waals surface area contributed by atoms with E-state index in [1.54, 1.807) is 12.1 Å². The number of aromatic nitrogens is 1. The van der Waals surface area contributed by atoms with Crippen LogP contribution < -0.4 is 15.2 Å². The van der Waals surface area contributed by atoms with Crippen LogP contribution in [-0.2, 0) is 6.42 Å². The number of pyridine rings is 1. The first-order chi connectivity index (χ1) is 10.2. The third-order valence-corrected chi connectivity index (χ3v) is 3.55. The molecular weight excluding hydrogens is 264 g/mol. The van der Waals surface area contributed by atoms with E-state index < -0.39 is 0 Å². The Kier molecular flexibility index (Phi) is 3.95. The number of rotatable bonds is 6. The van der Waals surface area contributed by atoms with Crippen LogP contribution in [0, 0.1) is 5.92 Å². The van der Waals surface area contributed by atoms with Crippen LogP contribution >= 0.6 is 0 Å². The topological polar surface area (TPSA) is 57.4 Å². The predicted molar refractivity (Wildman–Crippen MR) is 82.8 cm³/mol. The van der Waals surface area contributed by atoms with E-state index in [2.05, 4.69) is 18.0 Å². The molecule has 1 aliphatic rings. The Morgan fingerprint density at radius 3 is 2.86 bits per heavy atom. The fourth-order valence-electron chi connectivity index (χ4n) is 2.04. The van der Waals surface area contributed by atoms with E-state index in [-0.39, 0.29) is 0 Å². The highest BCUT2D eigenvalue weighted by Gasteiger charge is 2.22. The summed E-state index contributed by atoms with van der Waals surface area (Å²) in [5.74, 6) is 2.41. The summed E-state index contributed by atoms with van der Waals surface area (Å²) in [6.45, 7) is 2.80. The number of aryl methyl sites for hydroxylation is 1. The van der Waals surface area contributed by atoms with E-state index in [1.165, 1.54) is 18.4 Å². The molecule has 1 aromatic carbocycles. The summed E-state index contributed by atoms with van der Waals surface area (Å²) in [6.07, 6.45) is 3.45. The molecule has 1 aromatic heterocycles. The molecule has 4 nitrogen and oxygen atoms in total. The molecule has 0 bridgehead atoms. The monoisotopic (exact) mass is 284 g/mol. The van der Waals surface area contributed by atoms with Gasteiger partial charge in [0.1, 0.15) is 5.75 Å². The van der Waals surface area contributed by atoms with Crippen LogP contribution in [0.3, 0.4) is 0 Å². The number of hydrogen-bond donors (Lipinski definition) is 1. The van der Waals surface area contributed by atoms with Crippen molar-refractivity contribution in [3.8, 4) is 17.5 Å². The number of ether oxygens (including phenoxy) is 2. The van der Waals surface area contributed by atoms with Crippen molar-refractivity contribution < 1.29 is 9.47 Å². The number of anilines is 1. The third kappa shape index (κ3) is 3.66. The fraction of sp³-hybridized carbons (Fsp3) is 0.353. The molecule has 2 aromatic rings. The van der Waals surface area contributed by atoms with E-state index >= 15 is 0 Å². The minimum absolute atomic E-state index is 0.464. The Balaban J connectivity index is 1.73. The molecule has 1 heterocycles. The van der Waals surface area contributed by atoms with Crippen LogP contribution in [0.4, 0.5) is 5.69 Å². The molecule has 0 radical (unpaired) electrons. The van der Waals surface area contributed by atoms with Gasteiger partial charge in [-0.05, 0) is 48.9 Å². The van der Waals surface area contributed by atoms with Crippen molar-refractivity contribution >= 4 is 5.69 Å². The molecule has 4 heteroatoms. The van der Waals surface area contributed by atoms with Crippen LogP contribution in [0.5, 0.6) is 17.5 Å². The third-order valence-electron chi connectivity index (χ3n) is 3.55. The van der Waals surface area contributed by atoms with Gasteiger partial charge in [-0.25, -0.2) is 0 Å². The average Bonchev–Trinajstić information content (AvgIpc) is 3.32. The highest BCUT2D eigenvalue weighted by Crippen LogP contribution is 2.31. The second kappa shape index (κ2) is 6.04. The standard InChI is InChI=1S/C17H20N2O2/c1-2-12-4-3-5-14(10-12)21-16-9-8-15(18)17(19-16)20-11-13-6-7-13/h3-5,8-10,13H,2,6-7,11,18H2,1H3. The Bertz CT molecular complexity index is 624.